The Kier molecular flexibility index (Phi) is 5.35. The van der Waals surface area contributed by atoms with E-state index in [1.165, 1.54) is 18.3 Å². The maximum Gasteiger partial charge on any atom is 0.416 e. The molecular weight excluding hydrogens is 490 g/mol. The summed E-state index contributed by atoms with van der Waals surface area (Å²) < 4.78 is 11.5. The number of hydrogen-bond acceptors (Lipinski definition) is 6. The summed E-state index contributed by atoms with van der Waals surface area (Å²) in [6.07, 6.45) is 0.405. The van der Waals surface area contributed by atoms with Crippen LogP contribution in [0, 0.1) is 0 Å². The molecule has 8 nitrogen and oxygen atoms in total. The third-order valence-corrected chi connectivity index (χ3v) is 6.33. The van der Waals surface area contributed by atoms with Crippen molar-refractivity contribution in [2.45, 2.75) is 37.5 Å². The van der Waals surface area contributed by atoms with Crippen molar-refractivity contribution in [1.29, 1.82) is 0 Å². The van der Waals surface area contributed by atoms with Gasteiger partial charge in [0.1, 0.15) is 5.60 Å². The van der Waals surface area contributed by atoms with Gasteiger partial charge in [0.2, 0.25) is 5.54 Å². The quantitative estimate of drug-likeness (QED) is 0.566. The molecule has 2 atom stereocenters. The molecule has 0 aromatic heterocycles. The van der Waals surface area contributed by atoms with E-state index in [0.717, 1.165) is 4.90 Å². The smallest absolute Gasteiger partial charge is 0.416 e. The van der Waals surface area contributed by atoms with Crippen LogP contribution in [0.3, 0.4) is 0 Å². The third kappa shape index (κ3) is 3.09. The zero-order valence-electron chi connectivity index (χ0n) is 19.0. The van der Waals surface area contributed by atoms with Gasteiger partial charge in [-0.15, -0.1) is 0 Å². The molecule has 0 saturated heterocycles. The number of ether oxygens (including phenoxy) is 2. The van der Waals surface area contributed by atoms with E-state index in [-0.39, 0.29) is 0 Å². The van der Waals surface area contributed by atoms with Crippen LogP contribution in [0.15, 0.2) is 58.0 Å². The largest absolute Gasteiger partial charge is 0.467 e. The van der Waals surface area contributed by atoms with Gasteiger partial charge in [-0.2, -0.15) is 0 Å². The number of carbonyl (C=O) groups is 3. The molecule has 4 rings (SSSR count). The van der Waals surface area contributed by atoms with Gasteiger partial charge in [-0.25, -0.2) is 19.5 Å². The standard InChI is InChI=1S/C24H24BrN3O5/c1-22(2,3)33-21(31)28-14-26-23(20(30)32-5,15-9-7-6-8-10-15)24(28)17-13-16(25)11-12-18(17)27(4)19(24)29/h6-14H,1-5H3/t23-,24-/m0/s1. The fraction of sp³-hybridized carbons (Fsp3) is 0.333. The molecule has 2 aliphatic rings. The normalized spacial score (nSPS) is 23.8. The van der Waals surface area contributed by atoms with Crippen molar-refractivity contribution in [3.8, 4) is 0 Å². The summed E-state index contributed by atoms with van der Waals surface area (Å²) in [5.41, 5.74) is -3.24. The Bertz CT molecular complexity index is 1180. The third-order valence-electron chi connectivity index (χ3n) is 5.84. The van der Waals surface area contributed by atoms with Gasteiger partial charge in [-0.1, -0.05) is 46.3 Å². The maximum absolute atomic E-state index is 14.2. The summed E-state index contributed by atoms with van der Waals surface area (Å²) in [5.74, 6) is -1.28. The number of halogens is 1. The van der Waals surface area contributed by atoms with Gasteiger partial charge in [0.25, 0.3) is 5.91 Å². The van der Waals surface area contributed by atoms with Gasteiger partial charge in [0.05, 0.1) is 13.4 Å². The Balaban J connectivity index is 2.11. The topological polar surface area (TPSA) is 88.5 Å². The number of carbonyl (C=O) groups excluding carboxylic acids is 3. The summed E-state index contributed by atoms with van der Waals surface area (Å²) in [6.45, 7) is 5.17. The van der Waals surface area contributed by atoms with E-state index in [2.05, 4.69) is 20.9 Å². The molecule has 2 amide bonds. The number of nitrogens with zero attached hydrogens (tertiary/aromatic N) is 3. The summed E-state index contributed by atoms with van der Waals surface area (Å²) in [7, 11) is 2.83. The number of esters is 1. The number of rotatable bonds is 2. The molecule has 33 heavy (non-hydrogen) atoms. The van der Waals surface area contributed by atoms with Crippen molar-refractivity contribution in [2.24, 2.45) is 4.99 Å². The molecule has 2 heterocycles. The van der Waals surface area contributed by atoms with Crippen molar-refractivity contribution >= 4 is 45.9 Å². The lowest BCUT2D eigenvalue weighted by Gasteiger charge is -2.42. The lowest BCUT2D eigenvalue weighted by molar-refractivity contribution is -0.156. The van der Waals surface area contributed by atoms with Crippen molar-refractivity contribution in [3.63, 3.8) is 0 Å². The minimum Gasteiger partial charge on any atom is -0.467 e. The number of amides is 2. The highest BCUT2D eigenvalue weighted by molar-refractivity contribution is 9.10. The van der Waals surface area contributed by atoms with Crippen molar-refractivity contribution in [2.75, 3.05) is 19.1 Å². The number of anilines is 1. The predicted octanol–water partition coefficient (Wildman–Crippen LogP) is 3.97. The molecule has 0 saturated carbocycles. The van der Waals surface area contributed by atoms with Crippen LogP contribution >= 0.6 is 15.9 Å². The first-order chi connectivity index (χ1) is 15.5. The maximum atomic E-state index is 14.2. The van der Waals surface area contributed by atoms with Crippen molar-refractivity contribution in [3.05, 3.63) is 64.1 Å². The Morgan fingerprint density at radius 1 is 1.09 bits per heavy atom. The summed E-state index contributed by atoms with van der Waals surface area (Å²) in [5, 5.41) is 0. The minimum atomic E-state index is -1.89. The van der Waals surface area contributed by atoms with Gasteiger partial charge in [0, 0.05) is 22.8 Å². The average molecular weight is 514 g/mol. The van der Waals surface area contributed by atoms with E-state index in [1.54, 1.807) is 76.3 Å². The van der Waals surface area contributed by atoms with E-state index < -0.39 is 34.6 Å². The Morgan fingerprint density at radius 2 is 1.76 bits per heavy atom. The highest BCUT2D eigenvalue weighted by Crippen LogP contribution is 2.58. The van der Waals surface area contributed by atoms with Gasteiger partial charge < -0.3 is 14.4 Å². The number of hydrogen-bond donors (Lipinski definition) is 0. The number of likely N-dealkylation sites (N-methyl/N-ethyl adjacent to an activating group) is 1. The first-order valence-electron chi connectivity index (χ1n) is 10.3. The molecular formula is C24H24BrN3O5. The number of benzene rings is 2. The summed E-state index contributed by atoms with van der Waals surface area (Å²) >= 11 is 3.47. The molecule has 0 unspecified atom stereocenters. The number of aliphatic imine (C=N–C) groups is 1. The first kappa shape index (κ1) is 23.0. The van der Waals surface area contributed by atoms with E-state index in [1.807, 2.05) is 0 Å². The summed E-state index contributed by atoms with van der Waals surface area (Å²) in [6, 6.07) is 13.9. The van der Waals surface area contributed by atoms with Crippen LogP contribution in [0.2, 0.25) is 0 Å². The zero-order chi connectivity index (χ0) is 24.2. The Hall–Kier alpha value is -3.20. The van der Waals surface area contributed by atoms with Crippen LogP contribution in [0.1, 0.15) is 31.9 Å². The van der Waals surface area contributed by atoms with E-state index in [9.17, 15) is 14.4 Å². The molecule has 172 valence electrons. The summed E-state index contributed by atoms with van der Waals surface area (Å²) in [4.78, 5) is 48.3. The van der Waals surface area contributed by atoms with Crippen molar-refractivity contribution < 1.29 is 23.9 Å². The van der Waals surface area contributed by atoms with Gasteiger partial charge in [0.15, 0.2) is 5.54 Å². The molecule has 0 fully saturated rings. The fourth-order valence-corrected chi connectivity index (χ4v) is 4.92. The van der Waals surface area contributed by atoms with Crippen LogP contribution in [0.25, 0.3) is 0 Å². The van der Waals surface area contributed by atoms with Crippen LogP contribution in [0.4, 0.5) is 10.5 Å². The fourth-order valence-electron chi connectivity index (χ4n) is 4.56. The average Bonchev–Trinajstić information content (AvgIpc) is 3.23. The van der Waals surface area contributed by atoms with Crippen LogP contribution in [-0.4, -0.2) is 49.0 Å². The first-order valence-corrected chi connectivity index (χ1v) is 11.1. The lowest BCUT2D eigenvalue weighted by Crippen LogP contribution is -2.64. The van der Waals surface area contributed by atoms with Gasteiger partial charge in [-0.3, -0.25) is 4.79 Å². The molecule has 0 aliphatic carbocycles. The lowest BCUT2D eigenvalue weighted by atomic mass is 9.69. The van der Waals surface area contributed by atoms with Crippen molar-refractivity contribution in [1.82, 2.24) is 4.90 Å². The van der Waals surface area contributed by atoms with Crippen LogP contribution in [0.5, 0.6) is 0 Å². The molecule has 1 spiro atoms. The SMILES string of the molecule is COC(=O)[C@]1(c2ccccc2)N=CN(C(=O)OC(C)(C)C)[C@@]12C(=O)N(C)c1ccc(Br)cc12. The predicted molar refractivity (Wildman–Crippen MR) is 126 cm³/mol. The second-order valence-electron chi connectivity index (χ2n) is 8.90. The van der Waals surface area contributed by atoms with E-state index in [4.69, 9.17) is 9.47 Å². The van der Waals surface area contributed by atoms with Gasteiger partial charge in [-0.05, 0) is 44.5 Å². The second kappa shape index (κ2) is 7.69. The zero-order valence-corrected chi connectivity index (χ0v) is 20.5. The molecule has 0 N–H and O–H groups in total. The van der Waals surface area contributed by atoms with E-state index in [0.29, 0.717) is 21.3 Å². The Morgan fingerprint density at radius 3 is 2.36 bits per heavy atom. The molecule has 0 radical (unpaired) electrons. The second-order valence-corrected chi connectivity index (χ2v) is 9.81. The highest BCUT2D eigenvalue weighted by atomic mass is 79.9. The van der Waals surface area contributed by atoms with Crippen LogP contribution < -0.4 is 4.90 Å². The highest BCUT2D eigenvalue weighted by Gasteiger charge is 2.75. The minimum absolute atomic E-state index is 0.411. The molecule has 0 bridgehead atoms. The van der Waals surface area contributed by atoms with E-state index >= 15 is 0 Å². The number of methoxy groups -OCH3 is 1. The molecule has 2 aromatic rings. The molecule has 2 aliphatic heterocycles. The van der Waals surface area contributed by atoms with Gasteiger partial charge >= 0.3 is 12.1 Å². The van der Waals surface area contributed by atoms with Crippen LogP contribution in [-0.2, 0) is 30.1 Å². The molecule has 2 aromatic carbocycles. The Labute approximate surface area is 200 Å². The number of fused-ring (bicyclic) bond motifs is 2. The molecule has 9 heteroatoms. The monoisotopic (exact) mass is 513 g/mol.